The second kappa shape index (κ2) is 6.76. The average Bonchev–Trinajstić information content (AvgIpc) is 2.44. The summed E-state index contributed by atoms with van der Waals surface area (Å²) in [6.45, 7) is 5.95. The molecule has 0 N–H and O–H groups in total. The van der Waals surface area contributed by atoms with Crippen LogP contribution in [-0.4, -0.2) is 54.2 Å². The van der Waals surface area contributed by atoms with Crippen LogP contribution in [0.3, 0.4) is 0 Å². The number of ether oxygens (including phenoxy) is 2. The highest BCUT2D eigenvalue weighted by Gasteiger charge is 2.27. The zero-order valence-corrected chi connectivity index (χ0v) is 12.3. The molecule has 0 unspecified atom stereocenters. The summed E-state index contributed by atoms with van der Waals surface area (Å²) in [5.41, 5.74) is 1.83. The van der Waals surface area contributed by atoms with E-state index in [9.17, 15) is 4.79 Å². The summed E-state index contributed by atoms with van der Waals surface area (Å²) in [5.74, 6) is 0.747. The van der Waals surface area contributed by atoms with Crippen LogP contribution in [0.25, 0.3) is 0 Å². The molecule has 0 aromatic carbocycles. The number of amides is 1. The molecule has 20 heavy (non-hydrogen) atoms. The van der Waals surface area contributed by atoms with Crippen LogP contribution in [-0.2, 0) is 14.3 Å². The van der Waals surface area contributed by atoms with Crippen LogP contribution in [0.4, 0.5) is 0 Å². The molecule has 1 atom stereocenters. The molecule has 1 saturated heterocycles. The molecule has 1 aromatic heterocycles. The molecule has 1 aliphatic rings. The Kier molecular flexibility index (Phi) is 5.03. The molecule has 1 aromatic rings. The number of hydrogen-bond acceptors (Lipinski definition) is 5. The van der Waals surface area contributed by atoms with E-state index in [2.05, 4.69) is 9.97 Å². The fourth-order valence-corrected chi connectivity index (χ4v) is 2.28. The Labute approximate surface area is 119 Å². The first-order valence-electron chi connectivity index (χ1n) is 6.80. The van der Waals surface area contributed by atoms with Crippen molar-refractivity contribution in [3.8, 4) is 0 Å². The van der Waals surface area contributed by atoms with E-state index in [1.54, 1.807) is 12.0 Å². The molecule has 6 heteroatoms. The van der Waals surface area contributed by atoms with Gasteiger partial charge >= 0.3 is 0 Å². The van der Waals surface area contributed by atoms with Crippen LogP contribution >= 0.6 is 0 Å². The fourth-order valence-electron chi connectivity index (χ4n) is 2.28. The highest BCUT2D eigenvalue weighted by atomic mass is 16.5. The highest BCUT2D eigenvalue weighted by Crippen LogP contribution is 2.20. The third kappa shape index (κ3) is 3.74. The maximum absolute atomic E-state index is 12.0. The first kappa shape index (κ1) is 14.9. The minimum absolute atomic E-state index is 0.0875. The predicted molar refractivity (Wildman–Crippen MR) is 73.3 cm³/mol. The summed E-state index contributed by atoms with van der Waals surface area (Å²) in [6.07, 6.45) is 0.158. The van der Waals surface area contributed by atoms with Crippen LogP contribution < -0.4 is 0 Å². The topological polar surface area (TPSA) is 64.5 Å². The number of aromatic nitrogens is 2. The number of hydrogen-bond donors (Lipinski definition) is 0. The molecule has 1 amide bonds. The molecular weight excluding hydrogens is 258 g/mol. The van der Waals surface area contributed by atoms with Gasteiger partial charge in [-0.1, -0.05) is 0 Å². The normalized spacial score (nSPS) is 19.1. The molecule has 0 aliphatic carbocycles. The zero-order chi connectivity index (χ0) is 14.5. The minimum atomic E-state index is -0.242. The van der Waals surface area contributed by atoms with E-state index >= 15 is 0 Å². The van der Waals surface area contributed by atoms with Crippen molar-refractivity contribution in [1.29, 1.82) is 0 Å². The van der Waals surface area contributed by atoms with E-state index in [-0.39, 0.29) is 12.0 Å². The summed E-state index contributed by atoms with van der Waals surface area (Å²) in [4.78, 5) is 22.6. The zero-order valence-electron chi connectivity index (χ0n) is 12.3. The van der Waals surface area contributed by atoms with E-state index in [4.69, 9.17) is 9.47 Å². The van der Waals surface area contributed by atoms with E-state index in [0.29, 0.717) is 38.5 Å². The van der Waals surface area contributed by atoms with Gasteiger partial charge in [-0.2, -0.15) is 0 Å². The van der Waals surface area contributed by atoms with Gasteiger partial charge in [-0.05, 0) is 19.9 Å². The molecule has 0 radical (unpaired) electrons. The summed E-state index contributed by atoms with van der Waals surface area (Å²) in [7, 11) is 1.60. The first-order valence-corrected chi connectivity index (χ1v) is 6.80. The molecule has 0 saturated carbocycles. The van der Waals surface area contributed by atoms with Gasteiger partial charge in [0.05, 0.1) is 26.2 Å². The quantitative estimate of drug-likeness (QED) is 0.823. The van der Waals surface area contributed by atoms with Crippen molar-refractivity contribution in [3.05, 3.63) is 23.3 Å². The summed E-state index contributed by atoms with van der Waals surface area (Å²) >= 11 is 0. The Hall–Kier alpha value is -1.53. The molecule has 2 rings (SSSR count). The SMILES string of the molecule is COCCC(=O)N1CCO[C@H](c2nc(C)cc(C)n2)C1. The lowest BCUT2D eigenvalue weighted by Gasteiger charge is -2.32. The Balaban J connectivity index is 2.04. The van der Waals surface area contributed by atoms with Gasteiger partial charge in [-0.15, -0.1) is 0 Å². The molecule has 0 bridgehead atoms. The van der Waals surface area contributed by atoms with Crippen LogP contribution in [0.5, 0.6) is 0 Å². The largest absolute Gasteiger partial charge is 0.384 e. The van der Waals surface area contributed by atoms with Crippen LogP contribution in [0.2, 0.25) is 0 Å². The number of carbonyl (C=O) groups is 1. The van der Waals surface area contributed by atoms with Crippen molar-refractivity contribution in [2.75, 3.05) is 33.4 Å². The van der Waals surface area contributed by atoms with Crippen molar-refractivity contribution >= 4 is 5.91 Å². The fraction of sp³-hybridized carbons (Fsp3) is 0.643. The van der Waals surface area contributed by atoms with Crippen molar-refractivity contribution in [1.82, 2.24) is 14.9 Å². The van der Waals surface area contributed by atoms with Gasteiger partial charge in [-0.25, -0.2) is 9.97 Å². The summed E-state index contributed by atoms with van der Waals surface area (Å²) < 4.78 is 10.7. The Morgan fingerprint density at radius 2 is 2.15 bits per heavy atom. The van der Waals surface area contributed by atoms with Gasteiger partial charge in [0.15, 0.2) is 5.82 Å². The van der Waals surface area contributed by atoms with Gasteiger partial charge in [0.25, 0.3) is 0 Å². The second-order valence-electron chi connectivity index (χ2n) is 4.95. The molecule has 1 aliphatic heterocycles. The Bertz CT molecular complexity index is 458. The van der Waals surface area contributed by atoms with Gasteiger partial charge in [0, 0.05) is 25.0 Å². The monoisotopic (exact) mass is 279 g/mol. The van der Waals surface area contributed by atoms with Crippen molar-refractivity contribution in [2.45, 2.75) is 26.4 Å². The molecule has 6 nitrogen and oxygen atoms in total. The van der Waals surface area contributed by atoms with E-state index < -0.39 is 0 Å². The number of methoxy groups -OCH3 is 1. The maximum atomic E-state index is 12.0. The molecule has 110 valence electrons. The Morgan fingerprint density at radius 1 is 1.45 bits per heavy atom. The minimum Gasteiger partial charge on any atom is -0.384 e. The summed E-state index contributed by atoms with van der Waals surface area (Å²) in [5, 5.41) is 0. The molecule has 0 spiro atoms. The predicted octanol–water partition coefficient (Wildman–Crippen LogP) is 1.03. The number of aryl methyl sites for hydroxylation is 2. The molecule has 2 heterocycles. The third-order valence-electron chi connectivity index (χ3n) is 3.23. The van der Waals surface area contributed by atoms with Crippen molar-refractivity contribution in [2.24, 2.45) is 0 Å². The van der Waals surface area contributed by atoms with E-state index in [0.717, 1.165) is 11.4 Å². The van der Waals surface area contributed by atoms with Crippen LogP contribution in [0, 0.1) is 13.8 Å². The molecular formula is C14H21N3O3. The second-order valence-corrected chi connectivity index (χ2v) is 4.95. The lowest BCUT2D eigenvalue weighted by Crippen LogP contribution is -2.43. The highest BCUT2D eigenvalue weighted by molar-refractivity contribution is 5.76. The van der Waals surface area contributed by atoms with Crippen molar-refractivity contribution in [3.63, 3.8) is 0 Å². The number of morpholine rings is 1. The third-order valence-corrected chi connectivity index (χ3v) is 3.23. The van der Waals surface area contributed by atoms with Gasteiger partial charge in [0.2, 0.25) is 5.91 Å². The van der Waals surface area contributed by atoms with Gasteiger partial charge in [0.1, 0.15) is 6.10 Å². The van der Waals surface area contributed by atoms with Crippen molar-refractivity contribution < 1.29 is 14.3 Å². The number of carbonyl (C=O) groups excluding carboxylic acids is 1. The van der Waals surface area contributed by atoms with E-state index in [1.807, 2.05) is 19.9 Å². The maximum Gasteiger partial charge on any atom is 0.225 e. The van der Waals surface area contributed by atoms with Crippen LogP contribution in [0.1, 0.15) is 29.7 Å². The lowest BCUT2D eigenvalue weighted by molar-refractivity contribution is -0.140. The summed E-state index contributed by atoms with van der Waals surface area (Å²) in [6, 6.07) is 1.92. The molecule has 1 fully saturated rings. The Morgan fingerprint density at radius 3 is 2.80 bits per heavy atom. The van der Waals surface area contributed by atoms with E-state index in [1.165, 1.54) is 0 Å². The van der Waals surface area contributed by atoms with Gasteiger partial charge in [-0.3, -0.25) is 4.79 Å². The smallest absolute Gasteiger partial charge is 0.225 e. The van der Waals surface area contributed by atoms with Gasteiger partial charge < -0.3 is 14.4 Å². The number of nitrogens with zero attached hydrogens (tertiary/aromatic N) is 3. The lowest BCUT2D eigenvalue weighted by atomic mass is 10.2. The standard InChI is InChI=1S/C14H21N3O3/c1-10-8-11(2)16-14(15-10)12-9-17(5-7-20-12)13(18)4-6-19-3/h8,12H,4-7,9H2,1-3H3/t12-/m0/s1. The average molecular weight is 279 g/mol. The number of rotatable bonds is 4. The first-order chi connectivity index (χ1) is 9.60. The van der Waals surface area contributed by atoms with Crippen LogP contribution in [0.15, 0.2) is 6.07 Å².